The molecule has 60 heavy (non-hydrogen) atoms. The number of nitrogens with one attached hydrogen (secondary N) is 3. The van der Waals surface area contributed by atoms with Crippen LogP contribution in [0.2, 0.25) is 0 Å². The minimum absolute atomic E-state index is 0.0398. The van der Waals surface area contributed by atoms with Crippen LogP contribution in [-0.4, -0.2) is 232 Å². The first-order chi connectivity index (χ1) is 28.4. The van der Waals surface area contributed by atoms with E-state index >= 15 is 0 Å². The second-order valence-corrected chi connectivity index (χ2v) is 16.2. The minimum Gasteiger partial charge on any atom is -0.394 e. The largest absolute Gasteiger partial charge is 0.394 e. The van der Waals surface area contributed by atoms with Crippen LogP contribution in [0.4, 0.5) is 0 Å². The molecule has 0 aromatic carbocycles. The van der Waals surface area contributed by atoms with Crippen molar-refractivity contribution in [1.29, 1.82) is 0 Å². The maximum Gasteiger partial charge on any atom is 0.249 e. The Morgan fingerprint density at radius 2 is 1.37 bits per heavy atom. The number of carbonyl (C=O) groups excluding carboxylic acids is 1. The average molecular weight is 871 g/mol. The topological polar surface area (TPSA) is 459 Å². The lowest BCUT2D eigenvalue weighted by atomic mass is 9.83. The summed E-state index contributed by atoms with van der Waals surface area (Å²) in [7, 11) is 0. The van der Waals surface area contributed by atoms with Crippen LogP contribution in [0.15, 0.2) is 4.99 Å². The number of carbonyl (C=O) groups is 1. The molecule has 26 heteroatoms. The molecule has 20 atom stereocenters. The van der Waals surface area contributed by atoms with Crippen molar-refractivity contribution in [2.75, 3.05) is 45.9 Å². The van der Waals surface area contributed by atoms with Crippen molar-refractivity contribution in [3.63, 3.8) is 0 Å². The van der Waals surface area contributed by atoms with Gasteiger partial charge in [-0.05, 0) is 32.4 Å². The van der Waals surface area contributed by atoms with E-state index in [1.807, 2.05) is 0 Å². The van der Waals surface area contributed by atoms with Gasteiger partial charge >= 0.3 is 0 Å². The number of aliphatic hydroxyl groups is 9. The molecule has 5 rings (SSSR count). The van der Waals surface area contributed by atoms with Gasteiger partial charge in [0.2, 0.25) is 5.91 Å². The molecule has 5 fully saturated rings. The van der Waals surface area contributed by atoms with Gasteiger partial charge in [0.1, 0.15) is 79.4 Å². The van der Waals surface area contributed by atoms with E-state index in [0.717, 1.165) is 0 Å². The third-order valence-corrected chi connectivity index (χ3v) is 11.8. The number of amides is 1. The smallest absolute Gasteiger partial charge is 0.249 e. The fraction of sp³-hybridized carbons (Fsp3) is 0.941. The van der Waals surface area contributed by atoms with Crippen LogP contribution in [0.3, 0.4) is 0 Å². The first-order valence-electron chi connectivity index (χ1n) is 20.2. The molecular weight excluding hydrogens is 804 g/mol. The predicted molar refractivity (Wildman–Crippen MR) is 204 cm³/mol. The molecule has 1 amide bonds. The Hall–Kier alpha value is -2.10. The van der Waals surface area contributed by atoms with E-state index in [-0.39, 0.29) is 45.0 Å². The summed E-state index contributed by atoms with van der Waals surface area (Å²) in [5.74, 6) is -1.16. The number of hydrogen-bond donors (Lipinski definition) is 18. The van der Waals surface area contributed by atoms with Crippen molar-refractivity contribution in [2.24, 2.45) is 39.4 Å². The lowest BCUT2D eigenvalue weighted by Crippen LogP contribution is -2.69. The zero-order chi connectivity index (χ0) is 44.1. The molecule has 0 spiro atoms. The number of aliphatic hydroxyl groups excluding tert-OH is 8. The van der Waals surface area contributed by atoms with Crippen molar-refractivity contribution in [2.45, 2.75) is 154 Å². The van der Waals surface area contributed by atoms with Crippen molar-refractivity contribution in [3.05, 3.63) is 0 Å². The van der Waals surface area contributed by atoms with Crippen LogP contribution < -0.4 is 50.4 Å². The van der Waals surface area contributed by atoms with Gasteiger partial charge in [-0.2, -0.15) is 0 Å². The average Bonchev–Trinajstić information content (AvgIpc) is 3.51. The van der Waals surface area contributed by atoms with Gasteiger partial charge in [-0.1, -0.05) is 0 Å². The number of aliphatic imine (C=N–C) groups is 1. The molecule has 4 heterocycles. The first-order valence-corrected chi connectivity index (χ1v) is 20.2. The van der Waals surface area contributed by atoms with Crippen molar-refractivity contribution < 1.29 is 79.2 Å². The summed E-state index contributed by atoms with van der Waals surface area (Å²) in [5.41, 5.74) is 34.3. The van der Waals surface area contributed by atoms with Gasteiger partial charge in [0.25, 0.3) is 0 Å². The normalized spacial score (nSPS) is 43.9. The van der Waals surface area contributed by atoms with Crippen molar-refractivity contribution in [1.82, 2.24) is 16.0 Å². The molecule has 0 bridgehead atoms. The summed E-state index contributed by atoms with van der Waals surface area (Å²) in [6.07, 6.45) is -23.1. The predicted octanol–water partition coefficient (Wildman–Crippen LogP) is -11.0. The van der Waals surface area contributed by atoms with Crippen LogP contribution in [0.25, 0.3) is 0 Å². The molecule has 26 nitrogen and oxygen atoms in total. The van der Waals surface area contributed by atoms with Gasteiger partial charge in [0.05, 0.1) is 30.3 Å². The zero-order valence-corrected chi connectivity index (χ0v) is 33.1. The highest BCUT2D eigenvalue weighted by Crippen LogP contribution is 2.35. The van der Waals surface area contributed by atoms with E-state index in [4.69, 9.17) is 62.8 Å². The number of ether oxygens (including phenoxy) is 6. The zero-order valence-electron chi connectivity index (χ0n) is 33.1. The summed E-state index contributed by atoms with van der Waals surface area (Å²) in [5, 5.41) is 106. The molecular formula is C34H66N10O16. The van der Waals surface area contributed by atoms with Gasteiger partial charge in [0, 0.05) is 38.6 Å². The second kappa shape index (κ2) is 21.5. The molecule has 348 valence electrons. The van der Waals surface area contributed by atoms with E-state index < -0.39 is 141 Å². The molecule has 0 aromatic rings. The van der Waals surface area contributed by atoms with Crippen LogP contribution in [-0.2, 0) is 33.2 Å². The number of nitrogens with zero attached hydrogens (tertiary/aromatic N) is 1. The standard InChI is InChI=1S/C34H66N10O16/c35-8-15-21(48)23(50)18(37)30(55-15)59-27-17(10-45)57-32(25(27)52)60-28-20(47)13(44-29(53)14(46)1-4-43-33(39)40)7-12(36)26(28)58-31-19(38)24(51)22(49)16(56-31)9-42-11-34(54)2-5-41-6-3-34/h12-28,30-32,41-42,45-52,54H,1-11,35-38H2,(H,44,53)(H4,39,40,43)/t12-,13+,14-,15-,16+,17+,18+,19+,20-,21+,22+,23+,24+,25+,26+,27+,28+,30+,31+,32-/m0/s1. The molecule has 5 aliphatic rings. The van der Waals surface area contributed by atoms with E-state index in [9.17, 15) is 50.8 Å². The van der Waals surface area contributed by atoms with Crippen molar-refractivity contribution in [3.8, 4) is 0 Å². The quantitative estimate of drug-likeness (QED) is 0.0476. The number of hydrogen-bond acceptors (Lipinski definition) is 23. The summed E-state index contributed by atoms with van der Waals surface area (Å²) >= 11 is 0. The van der Waals surface area contributed by atoms with Crippen LogP contribution in [0.5, 0.6) is 0 Å². The third-order valence-electron chi connectivity index (χ3n) is 11.8. The molecule has 1 aliphatic carbocycles. The van der Waals surface area contributed by atoms with Crippen LogP contribution >= 0.6 is 0 Å². The molecule has 0 aromatic heterocycles. The van der Waals surface area contributed by atoms with Gasteiger partial charge in [-0.15, -0.1) is 0 Å². The van der Waals surface area contributed by atoms with E-state index in [1.54, 1.807) is 0 Å². The van der Waals surface area contributed by atoms with Gasteiger partial charge in [-0.25, -0.2) is 0 Å². The SMILES string of the molecule is NC[C@@H]1O[C@H](O[C@H]2[C@@H](O)[C@H](O[C@@H]3[C@@H](O)[C@H](NC(=O)[C@@H](O)CCN=C(N)N)C[C@H](N)[C@H]3O[C@H]3O[C@H](CNCC4(O)CCNCC4)[C@@H](O)[C@H](O)[C@H]3N)O[C@@H]2CO)[C@H](N)[C@@H](O)[C@@H]1O. The Morgan fingerprint density at radius 1 is 0.800 bits per heavy atom. The number of nitrogens with two attached hydrogens (primary N) is 6. The highest BCUT2D eigenvalue weighted by Gasteiger charge is 2.55. The lowest BCUT2D eigenvalue weighted by molar-refractivity contribution is -0.308. The maximum absolute atomic E-state index is 13.0. The Labute approximate surface area is 345 Å². The molecule has 0 radical (unpaired) electrons. The summed E-state index contributed by atoms with van der Waals surface area (Å²) in [6, 6.07) is -5.04. The Balaban J connectivity index is 1.34. The van der Waals surface area contributed by atoms with Gasteiger partial charge in [0.15, 0.2) is 24.8 Å². The van der Waals surface area contributed by atoms with E-state index in [2.05, 4.69) is 20.9 Å². The molecule has 4 aliphatic heterocycles. The highest BCUT2D eigenvalue weighted by molar-refractivity contribution is 5.81. The second-order valence-electron chi connectivity index (χ2n) is 16.2. The van der Waals surface area contributed by atoms with E-state index in [1.165, 1.54) is 0 Å². The van der Waals surface area contributed by atoms with Crippen LogP contribution in [0, 0.1) is 0 Å². The summed E-state index contributed by atoms with van der Waals surface area (Å²) in [4.78, 5) is 16.8. The minimum atomic E-state index is -1.76. The number of rotatable bonds is 17. The Morgan fingerprint density at radius 3 is 1.97 bits per heavy atom. The summed E-state index contributed by atoms with van der Waals surface area (Å²) < 4.78 is 35.8. The number of piperidine rings is 1. The maximum atomic E-state index is 13.0. The Kier molecular flexibility index (Phi) is 17.5. The highest BCUT2D eigenvalue weighted by atomic mass is 16.8. The third kappa shape index (κ3) is 11.5. The Bertz CT molecular complexity index is 1390. The fourth-order valence-corrected chi connectivity index (χ4v) is 8.07. The fourth-order valence-electron chi connectivity index (χ4n) is 8.07. The van der Waals surface area contributed by atoms with Crippen molar-refractivity contribution >= 4 is 11.9 Å². The molecule has 0 unspecified atom stereocenters. The monoisotopic (exact) mass is 870 g/mol. The molecule has 1 saturated carbocycles. The molecule has 4 saturated heterocycles. The van der Waals surface area contributed by atoms with Gasteiger partial charge in [-0.3, -0.25) is 9.79 Å². The first kappa shape index (κ1) is 48.9. The molecule has 24 N–H and O–H groups in total. The van der Waals surface area contributed by atoms with E-state index in [0.29, 0.717) is 25.9 Å². The van der Waals surface area contributed by atoms with Gasteiger partial charge < -0.3 is 125 Å². The summed E-state index contributed by atoms with van der Waals surface area (Å²) in [6.45, 7) is 0.316. The van der Waals surface area contributed by atoms with Crippen LogP contribution in [0.1, 0.15) is 25.7 Å². The number of guanidine groups is 1. The lowest BCUT2D eigenvalue weighted by Gasteiger charge is -2.48.